The quantitative estimate of drug-likeness (QED) is 0.0861. The van der Waals surface area contributed by atoms with Crippen molar-refractivity contribution < 1.29 is 14.5 Å². The Morgan fingerprint density at radius 2 is 0.904 bits per heavy atom. The predicted octanol–water partition coefficient (Wildman–Crippen LogP) is 11.4. The molecule has 0 bridgehead atoms. The summed E-state index contributed by atoms with van der Waals surface area (Å²) >= 11 is 9.33. The number of ketones is 1. The molecule has 5 aromatic rings. The lowest BCUT2D eigenvalue weighted by Crippen LogP contribution is -2.24. The van der Waals surface area contributed by atoms with Gasteiger partial charge in [-0.1, -0.05) is 60.7 Å². The summed E-state index contributed by atoms with van der Waals surface area (Å²) in [5, 5.41) is 11.3. The number of halogens is 4. The topological polar surface area (TPSA) is 43.6 Å². The second kappa shape index (κ2) is 16.9. The molecule has 0 heterocycles. The first kappa shape index (κ1) is 37.2. The van der Waals surface area contributed by atoms with Gasteiger partial charge in [0.15, 0.2) is 13.1 Å². The van der Waals surface area contributed by atoms with Gasteiger partial charge in [-0.3, -0.25) is 4.79 Å². The number of carbonyl (C=O) groups excluding carboxylic acids is 1. The Kier molecular flexibility index (Phi) is 12.1. The van der Waals surface area contributed by atoms with Crippen LogP contribution in [-0.4, -0.2) is 21.2 Å². The maximum Gasteiger partial charge on any atom is 0.201 e. The van der Waals surface area contributed by atoms with Crippen LogP contribution in [0.4, 0.5) is 5.69 Å². The number of aliphatic hydroxyl groups is 1. The number of hydrogen-bond donors (Lipinski definition) is 1. The molecule has 2 aliphatic carbocycles. The number of anilines is 1. The highest BCUT2D eigenvalue weighted by Gasteiger charge is 2.36. The van der Waals surface area contributed by atoms with E-state index >= 15 is 0 Å². The van der Waals surface area contributed by atoms with E-state index in [0.717, 1.165) is 48.7 Å². The van der Waals surface area contributed by atoms with Crippen LogP contribution >= 0.6 is 90.4 Å². The number of aliphatic hydroxyl groups excluding tert-OH is 1. The minimum atomic E-state index is -0.137. The van der Waals surface area contributed by atoms with E-state index in [1.165, 1.54) is 36.5 Å². The molecular weight excluding hydrogens is 1100 g/mol. The van der Waals surface area contributed by atoms with Gasteiger partial charge in [0.25, 0.3) is 0 Å². The van der Waals surface area contributed by atoms with Crippen molar-refractivity contribution in [3.63, 3.8) is 0 Å². The third-order valence-corrected chi connectivity index (χ3v) is 12.0. The molecule has 0 saturated heterocycles. The molecule has 0 spiro atoms. The van der Waals surface area contributed by atoms with Crippen LogP contribution in [-0.2, 0) is 31.0 Å². The fraction of sp³-hybridized carbons (Fsp3) is 0.0909. The van der Waals surface area contributed by atoms with E-state index < -0.39 is 0 Å². The van der Waals surface area contributed by atoms with Crippen molar-refractivity contribution in [2.24, 2.45) is 0 Å². The molecule has 7 rings (SSSR count). The standard InChI is InChI=1S/C44H32I4N2O2/c45-35-13-1-29(2-14-35)25-49(26-30-3-15-36(46)16-4-30)39-21-9-33(10-22-39)41-43(51)42(44(41)52)34-11-23-40(24-12-34)50(27-31-5-17-37(47)18-6-31)28-32-7-19-38(48)20-8-32/h1-24H,25-28H2/p+1. The van der Waals surface area contributed by atoms with Crippen LogP contribution < -0.4 is 4.90 Å². The minimum Gasteiger partial charge on any atom is -0.506 e. The van der Waals surface area contributed by atoms with Crippen LogP contribution in [0, 0.1) is 14.3 Å². The van der Waals surface area contributed by atoms with Crippen molar-refractivity contribution in [2.45, 2.75) is 26.2 Å². The zero-order valence-corrected chi connectivity index (χ0v) is 36.6. The summed E-state index contributed by atoms with van der Waals surface area (Å²) in [6.45, 7) is 2.98. The third-order valence-electron chi connectivity index (χ3n) is 9.12. The fourth-order valence-electron chi connectivity index (χ4n) is 6.33. The number of rotatable bonds is 10. The van der Waals surface area contributed by atoms with E-state index in [4.69, 9.17) is 0 Å². The third kappa shape index (κ3) is 8.99. The lowest BCUT2D eigenvalue weighted by molar-refractivity contribution is -0.558. The molecule has 1 N–H and O–H groups in total. The molecule has 2 aliphatic rings. The summed E-state index contributed by atoms with van der Waals surface area (Å²) in [5.74, 6) is -0.0861. The van der Waals surface area contributed by atoms with Crippen LogP contribution in [0.5, 0.6) is 0 Å². The average Bonchev–Trinajstić information content (AvgIpc) is 3.15. The second-order valence-electron chi connectivity index (χ2n) is 12.7. The fourth-order valence-corrected chi connectivity index (χ4v) is 7.77. The molecule has 0 unspecified atom stereocenters. The molecule has 52 heavy (non-hydrogen) atoms. The molecule has 5 aromatic carbocycles. The summed E-state index contributed by atoms with van der Waals surface area (Å²) in [5.41, 5.74) is 9.17. The number of Topliss-reactive ketones (excluding diaryl/α,β-unsaturated/α-hetero) is 1. The molecule has 0 fully saturated rings. The summed E-state index contributed by atoms with van der Waals surface area (Å²) < 4.78 is 7.16. The molecule has 0 amide bonds. The van der Waals surface area contributed by atoms with Crippen molar-refractivity contribution >= 4 is 113 Å². The van der Waals surface area contributed by atoms with Crippen molar-refractivity contribution in [1.29, 1.82) is 0 Å². The van der Waals surface area contributed by atoms with Gasteiger partial charge in [-0.2, -0.15) is 0 Å². The van der Waals surface area contributed by atoms with Crippen molar-refractivity contribution in [1.82, 2.24) is 0 Å². The van der Waals surface area contributed by atoms with Gasteiger partial charge in [0.05, 0.1) is 11.1 Å². The second-order valence-corrected chi connectivity index (χ2v) is 17.7. The van der Waals surface area contributed by atoms with E-state index in [1.54, 1.807) is 0 Å². The van der Waals surface area contributed by atoms with Gasteiger partial charge < -0.3 is 10.0 Å². The summed E-state index contributed by atoms with van der Waals surface area (Å²) in [6, 6.07) is 42.4. The van der Waals surface area contributed by atoms with Gasteiger partial charge in [0.1, 0.15) is 5.76 Å². The first-order valence-corrected chi connectivity index (χ1v) is 21.1. The summed E-state index contributed by atoms with van der Waals surface area (Å²) in [6.07, 6.45) is 7.98. The highest BCUT2D eigenvalue weighted by atomic mass is 127. The Bertz CT molecular complexity index is 2150. The Hall–Kier alpha value is -3.08. The van der Waals surface area contributed by atoms with Crippen molar-refractivity contribution in [3.8, 4) is 0 Å². The molecule has 258 valence electrons. The van der Waals surface area contributed by atoms with Gasteiger partial charge >= 0.3 is 0 Å². The first-order valence-electron chi connectivity index (χ1n) is 16.7. The average molecular weight is 1130 g/mol. The Morgan fingerprint density at radius 3 is 1.31 bits per heavy atom. The van der Waals surface area contributed by atoms with Gasteiger partial charge in [0, 0.05) is 56.3 Å². The lowest BCUT2D eigenvalue weighted by atomic mass is 9.80. The molecule has 0 saturated carbocycles. The molecule has 0 radical (unpaired) electrons. The van der Waals surface area contributed by atoms with E-state index in [2.05, 4.69) is 197 Å². The molecular formula is C44H33I4N2O2+. The largest absolute Gasteiger partial charge is 0.506 e. The number of benzene rings is 5. The maximum atomic E-state index is 13.6. The molecule has 4 nitrogen and oxygen atoms in total. The SMILES string of the molecule is O=C1C(=C2C=CC(=[N+](Cc3ccc(I)cc3)Cc3ccc(I)cc3)C=C2)C(O)=C1c1ccc(N(Cc2ccc(I)cc2)Cc2ccc(I)cc2)cc1. The summed E-state index contributed by atoms with van der Waals surface area (Å²) in [4.78, 5) is 15.9. The van der Waals surface area contributed by atoms with Crippen LogP contribution in [0.2, 0.25) is 0 Å². The number of carbonyl (C=O) groups is 1. The van der Waals surface area contributed by atoms with Gasteiger partial charge in [0.2, 0.25) is 11.5 Å². The van der Waals surface area contributed by atoms with Crippen LogP contribution in [0.1, 0.15) is 27.8 Å². The number of nitrogens with zero attached hydrogens (tertiary/aromatic N) is 2. The number of allylic oxidation sites excluding steroid dienone is 7. The molecule has 0 aliphatic heterocycles. The highest BCUT2D eigenvalue weighted by Crippen LogP contribution is 2.39. The van der Waals surface area contributed by atoms with Gasteiger partial charge in [-0.05, 0) is 185 Å². The smallest absolute Gasteiger partial charge is 0.201 e. The lowest BCUT2D eigenvalue weighted by Gasteiger charge is -2.27. The van der Waals surface area contributed by atoms with Crippen LogP contribution in [0.15, 0.2) is 163 Å². The Labute approximate surface area is 359 Å². The Balaban J connectivity index is 1.13. The maximum absolute atomic E-state index is 13.6. The Morgan fingerprint density at radius 1 is 0.500 bits per heavy atom. The monoisotopic (exact) mass is 1130 g/mol. The minimum absolute atomic E-state index is 0.0507. The van der Waals surface area contributed by atoms with Crippen LogP contribution in [0.25, 0.3) is 5.57 Å². The zero-order valence-electron chi connectivity index (χ0n) is 27.9. The molecule has 0 atom stereocenters. The molecule has 0 aromatic heterocycles. The normalized spacial score (nSPS) is 13.8. The molecule has 8 heteroatoms. The van der Waals surface area contributed by atoms with Crippen LogP contribution in [0.3, 0.4) is 0 Å². The number of hydrogen-bond acceptors (Lipinski definition) is 3. The van der Waals surface area contributed by atoms with Gasteiger partial charge in [-0.25, -0.2) is 4.58 Å². The zero-order chi connectivity index (χ0) is 36.2. The van der Waals surface area contributed by atoms with E-state index in [9.17, 15) is 9.90 Å². The van der Waals surface area contributed by atoms with E-state index in [-0.39, 0.29) is 11.5 Å². The van der Waals surface area contributed by atoms with Crippen molar-refractivity contribution in [3.05, 3.63) is 205 Å². The predicted molar refractivity (Wildman–Crippen MR) is 246 cm³/mol. The first-order chi connectivity index (χ1) is 25.2. The van der Waals surface area contributed by atoms with E-state index in [1.807, 2.05) is 48.6 Å². The summed E-state index contributed by atoms with van der Waals surface area (Å²) in [7, 11) is 0. The van der Waals surface area contributed by atoms with Gasteiger partial charge in [-0.15, -0.1) is 0 Å². The van der Waals surface area contributed by atoms with Crippen molar-refractivity contribution in [2.75, 3.05) is 4.90 Å². The highest BCUT2D eigenvalue weighted by molar-refractivity contribution is 14.1. The van der Waals surface area contributed by atoms with E-state index in [0.29, 0.717) is 11.1 Å².